The number of carbonyl (C=O) groups excluding carboxylic acids is 3. The van der Waals surface area contributed by atoms with Crippen LogP contribution in [0.2, 0.25) is 0 Å². The lowest BCUT2D eigenvalue weighted by molar-refractivity contribution is -0.138. The van der Waals surface area contributed by atoms with Crippen LogP contribution in [0, 0.1) is 0 Å². The Balaban J connectivity index is 1.54. The summed E-state index contributed by atoms with van der Waals surface area (Å²) < 4.78 is 1.33. The van der Waals surface area contributed by atoms with Crippen molar-refractivity contribution >= 4 is 28.6 Å². The van der Waals surface area contributed by atoms with Crippen LogP contribution >= 0.6 is 0 Å². The van der Waals surface area contributed by atoms with Crippen molar-refractivity contribution in [1.29, 1.82) is 0 Å². The van der Waals surface area contributed by atoms with Crippen molar-refractivity contribution in [3.8, 4) is 0 Å². The van der Waals surface area contributed by atoms with Crippen molar-refractivity contribution in [3.63, 3.8) is 0 Å². The van der Waals surface area contributed by atoms with E-state index in [0.717, 1.165) is 10.9 Å². The molecule has 2 heterocycles. The summed E-state index contributed by atoms with van der Waals surface area (Å²) in [6.07, 6.45) is 0. The lowest BCUT2D eigenvalue weighted by Crippen LogP contribution is -2.52. The van der Waals surface area contributed by atoms with E-state index < -0.39 is 11.8 Å². The van der Waals surface area contributed by atoms with Crippen molar-refractivity contribution in [2.24, 2.45) is 4.99 Å². The van der Waals surface area contributed by atoms with Gasteiger partial charge in [-0.3, -0.25) is 14.7 Å². The summed E-state index contributed by atoms with van der Waals surface area (Å²) in [5, 5.41) is 11.3. The molecule has 0 spiro atoms. The number of carbonyl (C=O) groups is 3. The van der Waals surface area contributed by atoms with Crippen molar-refractivity contribution in [2.45, 2.75) is 0 Å². The van der Waals surface area contributed by atoms with E-state index in [-0.39, 0.29) is 24.7 Å². The first-order valence-electron chi connectivity index (χ1n) is 8.03. The zero-order valence-corrected chi connectivity index (χ0v) is 13.6. The smallest absolute Gasteiger partial charge is 0.344 e. The summed E-state index contributed by atoms with van der Waals surface area (Å²) in [7, 11) is 0. The van der Waals surface area contributed by atoms with Gasteiger partial charge in [0.15, 0.2) is 12.2 Å². The third-order valence-corrected chi connectivity index (χ3v) is 4.13. The number of hydrogen-bond donors (Lipinski definition) is 2. The van der Waals surface area contributed by atoms with E-state index in [0.29, 0.717) is 10.7 Å². The molecule has 128 valence electrons. The summed E-state index contributed by atoms with van der Waals surface area (Å²) in [5.74, 6) is -1.87. The van der Waals surface area contributed by atoms with Gasteiger partial charge in [-0.2, -0.15) is 10.1 Å². The van der Waals surface area contributed by atoms with Crippen LogP contribution in [0.4, 0.5) is 0 Å². The van der Waals surface area contributed by atoms with Crippen molar-refractivity contribution < 1.29 is 14.4 Å². The Morgan fingerprint density at radius 3 is 2.73 bits per heavy atom. The van der Waals surface area contributed by atoms with Gasteiger partial charge in [0.2, 0.25) is 5.36 Å². The quantitative estimate of drug-likeness (QED) is 0.474. The Labute approximate surface area is 146 Å². The van der Waals surface area contributed by atoms with Gasteiger partial charge in [-0.05, 0) is 12.1 Å². The third kappa shape index (κ3) is 2.67. The summed E-state index contributed by atoms with van der Waals surface area (Å²) in [5.41, 5.74) is 1.06. The minimum atomic E-state index is -0.812. The van der Waals surface area contributed by atoms with Crippen LogP contribution in [-0.4, -0.2) is 41.0 Å². The molecule has 0 radical (unpaired) electrons. The lowest BCUT2D eigenvalue weighted by Gasteiger charge is -2.05. The fourth-order valence-corrected chi connectivity index (χ4v) is 2.89. The number of rotatable bonds is 4. The highest BCUT2D eigenvalue weighted by Gasteiger charge is 2.31. The maximum Gasteiger partial charge on any atom is 0.480 e. The molecule has 3 amide bonds. The average molecular weight is 348 g/mol. The molecule has 0 aliphatic carbocycles. The molecular weight excluding hydrogens is 334 g/mol. The molecule has 8 heteroatoms. The van der Waals surface area contributed by atoms with Crippen LogP contribution in [0.15, 0.2) is 53.5 Å². The standard InChI is InChI=1S/C18H13N5O3/c24-16(15-11-5-1-2-6-12(11)21-22-15)19-9-10-23-14-8-4-3-7-13(14)20-17(25)18(23)26/h1-8H,9-10H2,(H-,19,21,22,24)/p+1. The highest BCUT2D eigenvalue weighted by atomic mass is 16.2. The molecule has 1 aliphatic heterocycles. The average Bonchev–Trinajstić information content (AvgIpc) is 3.09. The van der Waals surface area contributed by atoms with Gasteiger partial charge in [0.05, 0.1) is 12.1 Å². The molecule has 0 unspecified atom stereocenters. The van der Waals surface area contributed by atoms with E-state index >= 15 is 0 Å². The van der Waals surface area contributed by atoms with Crippen LogP contribution in [-0.2, 0) is 9.59 Å². The molecule has 2 aromatic carbocycles. The van der Waals surface area contributed by atoms with E-state index in [1.165, 1.54) is 4.58 Å². The minimum absolute atomic E-state index is 0.158. The maximum atomic E-state index is 12.4. The number of para-hydroxylation sites is 3. The summed E-state index contributed by atoms with van der Waals surface area (Å²) in [6, 6.07) is 14.2. The third-order valence-electron chi connectivity index (χ3n) is 4.13. The number of aromatic nitrogens is 2. The predicted molar refractivity (Wildman–Crippen MR) is 91.8 cm³/mol. The SMILES string of the molecule is O=C1N=c2ccccc2=[N+](CCNC(=O)c2n[nH]c3ccccc23)C1=O. The molecule has 1 aromatic heterocycles. The second-order valence-corrected chi connectivity index (χ2v) is 5.74. The zero-order valence-electron chi connectivity index (χ0n) is 13.6. The van der Waals surface area contributed by atoms with Crippen LogP contribution in [0.25, 0.3) is 10.9 Å². The number of hydrogen-bond acceptors (Lipinski definition) is 4. The largest absolute Gasteiger partial charge is 0.480 e. The van der Waals surface area contributed by atoms with Crippen LogP contribution in [0.3, 0.4) is 0 Å². The maximum absolute atomic E-state index is 12.4. The Hall–Kier alpha value is -3.68. The van der Waals surface area contributed by atoms with E-state index in [2.05, 4.69) is 20.5 Å². The fraction of sp³-hybridized carbons (Fsp3) is 0.111. The molecule has 0 saturated carbocycles. The van der Waals surface area contributed by atoms with Gasteiger partial charge in [0.1, 0.15) is 5.36 Å². The van der Waals surface area contributed by atoms with Crippen molar-refractivity contribution in [2.75, 3.05) is 13.1 Å². The molecule has 0 atom stereocenters. The number of aromatic amines is 1. The second-order valence-electron chi connectivity index (χ2n) is 5.74. The number of amides is 3. The number of nitrogens with zero attached hydrogens (tertiary/aromatic N) is 3. The van der Waals surface area contributed by atoms with E-state index in [1.807, 2.05) is 18.2 Å². The molecule has 26 heavy (non-hydrogen) atoms. The topological polar surface area (TPSA) is 107 Å². The molecule has 0 saturated heterocycles. The van der Waals surface area contributed by atoms with Crippen LogP contribution in [0.1, 0.15) is 10.5 Å². The summed E-state index contributed by atoms with van der Waals surface area (Å²) in [6.45, 7) is 0.332. The van der Waals surface area contributed by atoms with Gasteiger partial charge in [0.25, 0.3) is 5.91 Å². The molecule has 0 fully saturated rings. The van der Waals surface area contributed by atoms with Gasteiger partial charge in [0, 0.05) is 11.5 Å². The summed E-state index contributed by atoms with van der Waals surface area (Å²) in [4.78, 5) is 40.0. The van der Waals surface area contributed by atoms with Gasteiger partial charge in [-0.15, -0.1) is 4.58 Å². The molecule has 3 aromatic rings. The van der Waals surface area contributed by atoms with Crippen LogP contribution in [0.5, 0.6) is 0 Å². The second kappa shape index (κ2) is 6.32. The van der Waals surface area contributed by atoms with E-state index in [9.17, 15) is 14.4 Å². The van der Waals surface area contributed by atoms with Gasteiger partial charge < -0.3 is 5.32 Å². The van der Waals surface area contributed by atoms with Gasteiger partial charge in [-0.1, -0.05) is 30.3 Å². The molecule has 8 nitrogen and oxygen atoms in total. The molecule has 0 bridgehead atoms. The molecular formula is C18H14N5O3+. The fourth-order valence-electron chi connectivity index (χ4n) is 2.89. The zero-order chi connectivity index (χ0) is 18.1. The normalized spacial score (nSPS) is 13.5. The highest BCUT2D eigenvalue weighted by molar-refractivity contribution is 6.36. The predicted octanol–water partition coefficient (Wildman–Crippen LogP) is -0.830. The first-order chi connectivity index (χ1) is 12.6. The Morgan fingerprint density at radius 1 is 1.08 bits per heavy atom. The number of H-pyrrole nitrogens is 1. The molecule has 2 N–H and O–H groups in total. The Bertz CT molecular complexity index is 1180. The van der Waals surface area contributed by atoms with E-state index in [1.54, 1.807) is 30.3 Å². The first-order valence-corrected chi connectivity index (χ1v) is 8.03. The minimum Gasteiger partial charge on any atom is -0.344 e. The summed E-state index contributed by atoms with van der Waals surface area (Å²) >= 11 is 0. The first kappa shape index (κ1) is 15.8. The van der Waals surface area contributed by atoms with Crippen molar-refractivity contribution in [1.82, 2.24) is 20.1 Å². The number of nitrogens with one attached hydrogen (secondary N) is 2. The Morgan fingerprint density at radius 2 is 1.85 bits per heavy atom. The lowest BCUT2D eigenvalue weighted by atomic mass is 10.2. The molecule has 4 rings (SSSR count). The Kier molecular flexibility index (Phi) is 3.85. The number of fused-ring (bicyclic) bond motifs is 2. The van der Waals surface area contributed by atoms with Crippen molar-refractivity contribution in [3.05, 3.63) is 64.9 Å². The van der Waals surface area contributed by atoms with E-state index in [4.69, 9.17) is 0 Å². The number of benzene rings is 2. The van der Waals surface area contributed by atoms with Gasteiger partial charge in [-0.25, -0.2) is 4.79 Å². The monoisotopic (exact) mass is 348 g/mol. The highest BCUT2D eigenvalue weighted by Crippen LogP contribution is 2.14. The van der Waals surface area contributed by atoms with Crippen LogP contribution < -0.4 is 20.6 Å². The molecule has 1 aliphatic rings. The van der Waals surface area contributed by atoms with Gasteiger partial charge >= 0.3 is 11.8 Å².